The minimum atomic E-state index is -4.50. The molecule has 0 radical (unpaired) electrons. The number of benzene rings is 1. The number of alkyl halides is 3. The first-order chi connectivity index (χ1) is 10.7. The van der Waals surface area contributed by atoms with Crippen LogP contribution < -0.4 is 5.73 Å². The van der Waals surface area contributed by atoms with Gasteiger partial charge in [0.05, 0.1) is 11.3 Å². The fourth-order valence-corrected chi connectivity index (χ4v) is 2.54. The minimum Gasteiger partial charge on any atom is -0.369 e. The molecule has 1 aromatic carbocycles. The standard InChI is InChI=1S/C17H17F3N2O/c1-10(2)12-5-3-4-6-13(12)15(16(21)23)14-9-11(7-8-22-14)17(18,19)20/h3-10,15H,1-2H3,(H2,21,23). The van der Waals surface area contributed by atoms with Gasteiger partial charge in [0.1, 0.15) is 5.92 Å². The van der Waals surface area contributed by atoms with Crippen molar-refractivity contribution in [2.75, 3.05) is 0 Å². The molecule has 23 heavy (non-hydrogen) atoms. The van der Waals surface area contributed by atoms with Crippen LogP contribution in [0, 0.1) is 0 Å². The summed E-state index contributed by atoms with van der Waals surface area (Å²) in [4.78, 5) is 15.9. The Morgan fingerprint density at radius 2 is 1.74 bits per heavy atom. The van der Waals surface area contributed by atoms with Gasteiger partial charge in [0, 0.05) is 6.20 Å². The zero-order valence-corrected chi connectivity index (χ0v) is 12.8. The number of aromatic nitrogens is 1. The topological polar surface area (TPSA) is 56.0 Å². The molecule has 1 amide bonds. The van der Waals surface area contributed by atoms with Gasteiger partial charge in [0.2, 0.25) is 5.91 Å². The molecule has 0 fully saturated rings. The number of pyridine rings is 1. The average molecular weight is 322 g/mol. The molecule has 6 heteroatoms. The summed E-state index contributed by atoms with van der Waals surface area (Å²) >= 11 is 0. The number of nitrogens with two attached hydrogens (primary N) is 1. The fourth-order valence-electron chi connectivity index (χ4n) is 2.54. The van der Waals surface area contributed by atoms with E-state index in [1.807, 2.05) is 26.0 Å². The molecule has 2 aromatic rings. The molecule has 1 heterocycles. The third-order valence-electron chi connectivity index (χ3n) is 3.62. The van der Waals surface area contributed by atoms with E-state index in [9.17, 15) is 18.0 Å². The van der Waals surface area contributed by atoms with E-state index in [1.165, 1.54) is 0 Å². The quantitative estimate of drug-likeness (QED) is 0.930. The number of hydrogen-bond donors (Lipinski definition) is 1. The van der Waals surface area contributed by atoms with Gasteiger partial charge < -0.3 is 5.73 Å². The van der Waals surface area contributed by atoms with Crippen LogP contribution in [-0.2, 0) is 11.0 Å². The fraction of sp³-hybridized carbons (Fsp3) is 0.294. The van der Waals surface area contributed by atoms with E-state index in [0.717, 1.165) is 23.9 Å². The smallest absolute Gasteiger partial charge is 0.369 e. The summed E-state index contributed by atoms with van der Waals surface area (Å²) in [5.74, 6) is -1.65. The lowest BCUT2D eigenvalue weighted by molar-refractivity contribution is -0.137. The first-order valence-corrected chi connectivity index (χ1v) is 7.13. The van der Waals surface area contributed by atoms with Gasteiger partial charge in [0.15, 0.2) is 0 Å². The summed E-state index contributed by atoms with van der Waals surface area (Å²) in [6.07, 6.45) is -3.45. The lowest BCUT2D eigenvalue weighted by Gasteiger charge is -2.20. The Labute approximate surface area is 132 Å². The van der Waals surface area contributed by atoms with Crippen molar-refractivity contribution < 1.29 is 18.0 Å². The van der Waals surface area contributed by atoms with E-state index in [1.54, 1.807) is 12.1 Å². The predicted octanol–water partition coefficient (Wildman–Crippen LogP) is 3.84. The van der Waals surface area contributed by atoms with Crippen LogP contribution in [0.1, 0.15) is 48.1 Å². The molecule has 0 bridgehead atoms. The molecule has 0 aliphatic carbocycles. The maximum Gasteiger partial charge on any atom is 0.416 e. The van der Waals surface area contributed by atoms with Crippen molar-refractivity contribution >= 4 is 5.91 Å². The van der Waals surface area contributed by atoms with Crippen molar-refractivity contribution in [3.8, 4) is 0 Å². The van der Waals surface area contributed by atoms with Crippen molar-refractivity contribution in [1.29, 1.82) is 0 Å². The largest absolute Gasteiger partial charge is 0.416 e. The number of carbonyl (C=O) groups excluding carboxylic acids is 1. The lowest BCUT2D eigenvalue weighted by Crippen LogP contribution is -2.25. The van der Waals surface area contributed by atoms with Crippen LogP contribution in [-0.4, -0.2) is 10.9 Å². The van der Waals surface area contributed by atoms with E-state index in [0.29, 0.717) is 5.56 Å². The zero-order chi connectivity index (χ0) is 17.2. The van der Waals surface area contributed by atoms with Gasteiger partial charge in [-0.3, -0.25) is 9.78 Å². The molecule has 2 N–H and O–H groups in total. The molecule has 1 aromatic heterocycles. The highest BCUT2D eigenvalue weighted by Crippen LogP contribution is 2.34. The van der Waals surface area contributed by atoms with Crippen molar-refractivity contribution in [3.05, 3.63) is 65.0 Å². The molecule has 122 valence electrons. The van der Waals surface area contributed by atoms with E-state index in [-0.39, 0.29) is 11.6 Å². The Morgan fingerprint density at radius 3 is 2.26 bits per heavy atom. The number of amides is 1. The second-order valence-electron chi connectivity index (χ2n) is 5.59. The van der Waals surface area contributed by atoms with Gasteiger partial charge in [-0.25, -0.2) is 0 Å². The van der Waals surface area contributed by atoms with Gasteiger partial charge in [-0.1, -0.05) is 38.1 Å². The van der Waals surface area contributed by atoms with E-state index in [4.69, 9.17) is 5.73 Å². The molecule has 0 aliphatic rings. The maximum atomic E-state index is 12.9. The number of carbonyl (C=O) groups is 1. The van der Waals surface area contributed by atoms with E-state index in [2.05, 4.69) is 4.98 Å². The lowest BCUT2D eigenvalue weighted by atomic mass is 9.86. The number of rotatable bonds is 4. The number of primary amides is 1. The van der Waals surface area contributed by atoms with Crippen LogP contribution >= 0.6 is 0 Å². The molecule has 0 saturated carbocycles. The molecule has 1 atom stereocenters. The Hall–Kier alpha value is -2.37. The van der Waals surface area contributed by atoms with Crippen LogP contribution in [0.5, 0.6) is 0 Å². The molecule has 0 aliphatic heterocycles. The summed E-state index contributed by atoms with van der Waals surface area (Å²) < 4.78 is 38.7. The van der Waals surface area contributed by atoms with Crippen molar-refractivity contribution in [1.82, 2.24) is 4.98 Å². The average Bonchev–Trinajstić information content (AvgIpc) is 2.47. The normalized spacial score (nSPS) is 13.1. The number of halogens is 3. The number of hydrogen-bond acceptors (Lipinski definition) is 2. The van der Waals surface area contributed by atoms with Crippen LogP contribution in [0.15, 0.2) is 42.6 Å². The SMILES string of the molecule is CC(C)c1ccccc1C(C(N)=O)c1cc(C(F)(F)F)ccn1. The van der Waals surface area contributed by atoms with Gasteiger partial charge in [-0.05, 0) is 29.2 Å². The Bertz CT molecular complexity index is 711. The van der Waals surface area contributed by atoms with Gasteiger partial charge in [-0.15, -0.1) is 0 Å². The Kier molecular flexibility index (Phi) is 4.73. The van der Waals surface area contributed by atoms with Crippen molar-refractivity contribution in [2.45, 2.75) is 31.9 Å². The molecule has 1 unspecified atom stereocenters. The minimum absolute atomic E-state index is 0.000394. The van der Waals surface area contributed by atoms with Crippen LogP contribution in [0.4, 0.5) is 13.2 Å². The third-order valence-corrected chi connectivity index (χ3v) is 3.62. The van der Waals surface area contributed by atoms with Crippen LogP contribution in [0.3, 0.4) is 0 Å². The zero-order valence-electron chi connectivity index (χ0n) is 12.8. The first-order valence-electron chi connectivity index (χ1n) is 7.13. The van der Waals surface area contributed by atoms with Crippen LogP contribution in [0.25, 0.3) is 0 Å². The third kappa shape index (κ3) is 3.70. The predicted molar refractivity (Wildman–Crippen MR) is 80.8 cm³/mol. The summed E-state index contributed by atoms with van der Waals surface area (Å²) in [7, 11) is 0. The summed E-state index contributed by atoms with van der Waals surface area (Å²) in [6.45, 7) is 3.88. The Morgan fingerprint density at radius 1 is 1.13 bits per heavy atom. The summed E-state index contributed by atoms with van der Waals surface area (Å²) in [5, 5.41) is 0. The van der Waals surface area contributed by atoms with E-state index >= 15 is 0 Å². The molecule has 0 saturated heterocycles. The highest BCUT2D eigenvalue weighted by molar-refractivity contribution is 5.85. The first kappa shape index (κ1) is 17.0. The van der Waals surface area contributed by atoms with Gasteiger partial charge in [0.25, 0.3) is 0 Å². The van der Waals surface area contributed by atoms with Crippen LogP contribution in [0.2, 0.25) is 0 Å². The monoisotopic (exact) mass is 322 g/mol. The Balaban J connectivity index is 2.59. The summed E-state index contributed by atoms with van der Waals surface area (Å²) in [5.41, 5.74) is 6.06. The second kappa shape index (κ2) is 6.40. The molecule has 2 rings (SSSR count). The summed E-state index contributed by atoms with van der Waals surface area (Å²) in [6, 6.07) is 8.83. The molecule has 0 spiro atoms. The van der Waals surface area contributed by atoms with E-state index < -0.39 is 23.6 Å². The van der Waals surface area contributed by atoms with Crippen molar-refractivity contribution in [3.63, 3.8) is 0 Å². The highest BCUT2D eigenvalue weighted by Gasteiger charge is 2.33. The van der Waals surface area contributed by atoms with Gasteiger partial charge in [-0.2, -0.15) is 13.2 Å². The number of nitrogens with zero attached hydrogens (tertiary/aromatic N) is 1. The van der Waals surface area contributed by atoms with Gasteiger partial charge >= 0.3 is 6.18 Å². The molecular weight excluding hydrogens is 305 g/mol. The highest BCUT2D eigenvalue weighted by atomic mass is 19.4. The molecule has 3 nitrogen and oxygen atoms in total. The molecular formula is C17H17F3N2O. The maximum absolute atomic E-state index is 12.9. The second-order valence-corrected chi connectivity index (χ2v) is 5.59. The van der Waals surface area contributed by atoms with Crippen molar-refractivity contribution in [2.24, 2.45) is 5.73 Å².